The van der Waals surface area contributed by atoms with Crippen molar-refractivity contribution < 1.29 is 14.3 Å². The van der Waals surface area contributed by atoms with E-state index in [0.29, 0.717) is 23.5 Å². The number of carbonyl (C=O) groups excluding carboxylic acids is 2. The van der Waals surface area contributed by atoms with E-state index in [2.05, 4.69) is 33.2 Å². The van der Waals surface area contributed by atoms with Crippen molar-refractivity contribution in [2.45, 2.75) is 6.92 Å². The maximum Gasteiger partial charge on any atom is 0.255 e. The lowest BCUT2D eigenvalue weighted by molar-refractivity contribution is -0.114. The number of anilines is 1. The number of amides is 2. The van der Waals surface area contributed by atoms with Crippen LogP contribution < -0.4 is 15.4 Å². The zero-order valence-corrected chi connectivity index (χ0v) is 14.8. The van der Waals surface area contributed by atoms with Crippen LogP contribution in [-0.2, 0) is 4.79 Å². The molecule has 6 nitrogen and oxygen atoms in total. The molecule has 0 aromatic heterocycles. The molecule has 0 spiro atoms. The van der Waals surface area contributed by atoms with E-state index in [4.69, 9.17) is 4.74 Å². The van der Waals surface area contributed by atoms with Crippen LogP contribution in [0.2, 0.25) is 0 Å². The van der Waals surface area contributed by atoms with Crippen molar-refractivity contribution in [1.29, 1.82) is 0 Å². The van der Waals surface area contributed by atoms with E-state index in [9.17, 15) is 9.59 Å². The molecule has 0 bridgehead atoms. The lowest BCUT2D eigenvalue weighted by Crippen LogP contribution is -2.31. The molecule has 0 fully saturated rings. The van der Waals surface area contributed by atoms with Gasteiger partial charge in [-0.2, -0.15) is 0 Å². The van der Waals surface area contributed by atoms with Crippen molar-refractivity contribution in [2.24, 2.45) is 0 Å². The molecule has 7 heteroatoms. The lowest BCUT2D eigenvalue weighted by Gasteiger charge is -2.14. The molecule has 0 radical (unpaired) electrons. The largest absolute Gasteiger partial charge is 0.496 e. The van der Waals surface area contributed by atoms with Crippen LogP contribution in [0.5, 0.6) is 5.75 Å². The molecule has 2 amide bonds. The van der Waals surface area contributed by atoms with E-state index in [0.717, 1.165) is 10.1 Å². The van der Waals surface area contributed by atoms with Crippen LogP contribution in [0, 0.1) is 3.57 Å². The van der Waals surface area contributed by atoms with Gasteiger partial charge in [0.1, 0.15) is 5.75 Å². The Kier molecular flexibility index (Phi) is 6.90. The molecule has 0 aliphatic heterocycles. The van der Waals surface area contributed by atoms with Crippen LogP contribution in [0.1, 0.15) is 17.3 Å². The van der Waals surface area contributed by atoms with Gasteiger partial charge in [-0.05, 0) is 42.8 Å². The SMILES string of the molecule is COc1cc(NC(C)=O)c(I)cc1C(=O)NCCN(C)C. The quantitative estimate of drug-likeness (QED) is 0.705. The molecule has 2 N–H and O–H groups in total. The summed E-state index contributed by atoms with van der Waals surface area (Å²) in [7, 11) is 5.38. The normalized spacial score (nSPS) is 10.4. The number of halogens is 1. The monoisotopic (exact) mass is 405 g/mol. The Morgan fingerprint density at radius 1 is 1.33 bits per heavy atom. The average molecular weight is 405 g/mol. The number of rotatable bonds is 6. The molecular weight excluding hydrogens is 385 g/mol. The number of likely N-dealkylation sites (N-methyl/N-ethyl adjacent to an activating group) is 1. The maximum absolute atomic E-state index is 12.2. The second-order valence-electron chi connectivity index (χ2n) is 4.77. The molecular formula is C14H20IN3O3. The number of nitrogens with one attached hydrogen (secondary N) is 2. The van der Waals surface area contributed by atoms with Gasteiger partial charge in [0.05, 0.1) is 18.4 Å². The summed E-state index contributed by atoms with van der Waals surface area (Å²) in [6.45, 7) is 2.75. The zero-order valence-electron chi connectivity index (χ0n) is 12.6. The first-order valence-electron chi connectivity index (χ1n) is 6.43. The highest BCUT2D eigenvalue weighted by Gasteiger charge is 2.16. The van der Waals surface area contributed by atoms with Gasteiger partial charge >= 0.3 is 0 Å². The summed E-state index contributed by atoms with van der Waals surface area (Å²) in [6, 6.07) is 3.36. The summed E-state index contributed by atoms with van der Waals surface area (Å²) in [4.78, 5) is 25.3. The summed E-state index contributed by atoms with van der Waals surface area (Å²) in [6.07, 6.45) is 0. The van der Waals surface area contributed by atoms with Crippen LogP contribution in [0.25, 0.3) is 0 Å². The molecule has 0 heterocycles. The highest BCUT2D eigenvalue weighted by Crippen LogP contribution is 2.28. The number of nitrogens with zero attached hydrogens (tertiary/aromatic N) is 1. The van der Waals surface area contributed by atoms with Crippen molar-refractivity contribution in [3.63, 3.8) is 0 Å². The van der Waals surface area contributed by atoms with E-state index < -0.39 is 0 Å². The molecule has 1 rings (SSSR count). The Hall–Kier alpha value is -1.35. The molecule has 0 unspecified atom stereocenters. The summed E-state index contributed by atoms with van der Waals surface area (Å²) in [5.74, 6) is 0.0701. The molecule has 0 saturated carbocycles. The van der Waals surface area contributed by atoms with Gasteiger partial charge in [-0.15, -0.1) is 0 Å². The fourth-order valence-corrected chi connectivity index (χ4v) is 2.28. The molecule has 0 aliphatic carbocycles. The number of ether oxygens (including phenoxy) is 1. The topological polar surface area (TPSA) is 70.7 Å². The van der Waals surface area contributed by atoms with Gasteiger partial charge in [-0.3, -0.25) is 9.59 Å². The Bertz CT molecular complexity index is 532. The van der Waals surface area contributed by atoms with Crippen LogP contribution >= 0.6 is 22.6 Å². The van der Waals surface area contributed by atoms with Gasteiger partial charge < -0.3 is 20.3 Å². The van der Waals surface area contributed by atoms with Gasteiger partial charge in [0.25, 0.3) is 5.91 Å². The standard InChI is InChI=1S/C14H20IN3O3/c1-9(19)17-12-8-13(21-4)10(7-11(12)15)14(20)16-5-6-18(2)3/h7-8H,5-6H2,1-4H3,(H,16,20)(H,17,19). The molecule has 1 aromatic carbocycles. The van der Waals surface area contributed by atoms with Gasteiger partial charge in [0.15, 0.2) is 0 Å². The van der Waals surface area contributed by atoms with Crippen molar-refractivity contribution in [3.05, 3.63) is 21.3 Å². The molecule has 21 heavy (non-hydrogen) atoms. The van der Waals surface area contributed by atoms with E-state index in [1.54, 1.807) is 12.1 Å². The molecule has 116 valence electrons. The summed E-state index contributed by atoms with van der Waals surface area (Å²) < 4.78 is 6.02. The van der Waals surface area contributed by atoms with Crippen molar-refractivity contribution in [1.82, 2.24) is 10.2 Å². The summed E-state index contributed by atoms with van der Waals surface area (Å²) >= 11 is 2.08. The van der Waals surface area contributed by atoms with Gasteiger partial charge in [0, 0.05) is 29.6 Å². The zero-order chi connectivity index (χ0) is 16.0. The molecule has 0 atom stereocenters. The van der Waals surface area contributed by atoms with Crippen molar-refractivity contribution in [2.75, 3.05) is 39.6 Å². The summed E-state index contributed by atoms with van der Waals surface area (Å²) in [5.41, 5.74) is 1.08. The first-order valence-corrected chi connectivity index (χ1v) is 7.51. The van der Waals surface area contributed by atoms with Crippen molar-refractivity contribution in [3.8, 4) is 5.75 Å². The number of hydrogen-bond acceptors (Lipinski definition) is 4. The van der Waals surface area contributed by atoms with E-state index in [-0.39, 0.29) is 11.8 Å². The minimum Gasteiger partial charge on any atom is -0.496 e. The molecule has 1 aromatic rings. The second kappa shape index (κ2) is 8.18. The molecule has 0 saturated heterocycles. The predicted octanol–water partition coefficient (Wildman–Crippen LogP) is 1.55. The number of carbonyl (C=O) groups is 2. The number of methoxy groups -OCH3 is 1. The average Bonchev–Trinajstić information content (AvgIpc) is 2.39. The highest BCUT2D eigenvalue weighted by molar-refractivity contribution is 14.1. The Morgan fingerprint density at radius 3 is 2.52 bits per heavy atom. The maximum atomic E-state index is 12.2. The third kappa shape index (κ3) is 5.50. The fourth-order valence-electron chi connectivity index (χ4n) is 1.67. The molecule has 0 aliphatic rings. The fraction of sp³-hybridized carbons (Fsp3) is 0.429. The minimum atomic E-state index is -0.194. The van der Waals surface area contributed by atoms with Crippen molar-refractivity contribution >= 4 is 40.1 Å². The smallest absolute Gasteiger partial charge is 0.255 e. The van der Waals surface area contributed by atoms with Crippen LogP contribution in [0.4, 0.5) is 5.69 Å². The second-order valence-corrected chi connectivity index (χ2v) is 5.93. The van der Waals surface area contributed by atoms with E-state index in [1.165, 1.54) is 14.0 Å². The Labute approximate surface area is 138 Å². The number of benzene rings is 1. The Balaban J connectivity index is 2.93. The van der Waals surface area contributed by atoms with Gasteiger partial charge in [0.2, 0.25) is 5.91 Å². The third-order valence-electron chi connectivity index (χ3n) is 2.69. The third-order valence-corrected chi connectivity index (χ3v) is 3.58. The van der Waals surface area contributed by atoms with Crippen LogP contribution in [0.15, 0.2) is 12.1 Å². The van der Waals surface area contributed by atoms with E-state index >= 15 is 0 Å². The van der Waals surface area contributed by atoms with Gasteiger partial charge in [-0.1, -0.05) is 0 Å². The highest BCUT2D eigenvalue weighted by atomic mass is 127. The van der Waals surface area contributed by atoms with Gasteiger partial charge in [-0.25, -0.2) is 0 Å². The first-order chi connectivity index (χ1) is 9.85. The predicted molar refractivity (Wildman–Crippen MR) is 90.9 cm³/mol. The Morgan fingerprint density at radius 2 is 2.00 bits per heavy atom. The lowest BCUT2D eigenvalue weighted by atomic mass is 10.1. The van der Waals surface area contributed by atoms with Crippen LogP contribution in [0.3, 0.4) is 0 Å². The van der Waals surface area contributed by atoms with E-state index in [1.807, 2.05) is 19.0 Å². The first kappa shape index (κ1) is 17.7. The summed E-state index contributed by atoms with van der Waals surface area (Å²) in [5, 5.41) is 5.55. The number of hydrogen-bond donors (Lipinski definition) is 2. The minimum absolute atomic E-state index is 0.168. The van der Waals surface area contributed by atoms with Crippen LogP contribution in [-0.4, -0.2) is 51.0 Å².